The molecule has 1 heteroatoms. The third kappa shape index (κ3) is 1.64. The third-order valence-electron chi connectivity index (χ3n) is 3.05. The molecule has 0 spiro atoms. The molecule has 1 nitrogen and oxygen atoms in total. The van der Waals surface area contributed by atoms with E-state index in [1.165, 1.54) is 0 Å². The van der Waals surface area contributed by atoms with Gasteiger partial charge in [-0.15, -0.1) is 0 Å². The molecule has 1 aliphatic carbocycles. The second-order valence-electron chi connectivity index (χ2n) is 4.09. The largest absolute Gasteiger partial charge is 0.504 e. The van der Waals surface area contributed by atoms with Crippen LogP contribution in [-0.2, 0) is 11.1 Å². The van der Waals surface area contributed by atoms with Crippen LogP contribution in [0.1, 0.15) is 23.6 Å². The smallest absolute Gasteiger partial charge is 0.0909 e. The van der Waals surface area contributed by atoms with Crippen LogP contribution in [0.3, 0.4) is 0 Å². The summed E-state index contributed by atoms with van der Waals surface area (Å²) in [7, 11) is 1.66. The quantitative estimate of drug-likeness (QED) is 0.671. The van der Waals surface area contributed by atoms with E-state index in [9.17, 15) is 0 Å². The molecule has 2 aromatic rings. The zero-order valence-electron chi connectivity index (χ0n) is 10.7. The highest BCUT2D eigenvalue weighted by Gasteiger charge is 2.19. The molecule has 0 heterocycles. The average molecular weight is 223 g/mol. The Hall–Kier alpha value is -2.02. The lowest BCUT2D eigenvalue weighted by molar-refractivity contribution is 0.340. The molecule has 84 valence electrons. The van der Waals surface area contributed by atoms with E-state index >= 15 is 0 Å². The first-order chi connectivity index (χ1) is 8.83. The summed E-state index contributed by atoms with van der Waals surface area (Å²) in [6, 6.07) is 16.1. The molecule has 2 aromatic carbocycles. The van der Waals surface area contributed by atoms with Gasteiger partial charge in [0.15, 0.2) is 0 Å². The van der Waals surface area contributed by atoms with Crippen molar-refractivity contribution in [1.82, 2.24) is 0 Å². The van der Waals surface area contributed by atoms with Crippen molar-refractivity contribution in [3.8, 4) is 0 Å². The molecular formula is C16H14O. The zero-order chi connectivity index (χ0) is 12.5. The van der Waals surface area contributed by atoms with Crippen molar-refractivity contribution >= 4 is 5.57 Å². The van der Waals surface area contributed by atoms with E-state index in [0.717, 1.165) is 27.8 Å². The Morgan fingerprint density at radius 1 is 1.00 bits per heavy atom. The number of hydrogen-bond donors (Lipinski definition) is 0. The first-order valence-electron chi connectivity index (χ1n) is 6.24. The van der Waals surface area contributed by atoms with Crippen molar-refractivity contribution in [2.24, 2.45) is 0 Å². The lowest BCUT2D eigenvalue weighted by atomic mass is 9.83. The number of rotatable bonds is 1. The summed E-state index contributed by atoms with van der Waals surface area (Å²) in [6.45, 7) is 0. The van der Waals surface area contributed by atoms with Gasteiger partial charge in [-0.25, -0.2) is 0 Å². The van der Waals surface area contributed by atoms with Gasteiger partial charge < -0.3 is 4.74 Å². The van der Waals surface area contributed by atoms with Gasteiger partial charge in [-0.2, -0.15) is 0 Å². The van der Waals surface area contributed by atoms with Crippen molar-refractivity contribution in [3.63, 3.8) is 0 Å². The maximum absolute atomic E-state index is 8.39. The fourth-order valence-electron chi connectivity index (χ4n) is 2.29. The molecule has 0 aliphatic heterocycles. The van der Waals surface area contributed by atoms with Crippen LogP contribution < -0.4 is 0 Å². The summed E-state index contributed by atoms with van der Waals surface area (Å²) in [5, 5.41) is 0. The van der Waals surface area contributed by atoms with Gasteiger partial charge >= 0.3 is 0 Å². The Morgan fingerprint density at radius 3 is 2.06 bits per heavy atom. The third-order valence-corrected chi connectivity index (χ3v) is 3.05. The summed E-state index contributed by atoms with van der Waals surface area (Å²) in [5.41, 5.74) is 5.34. The minimum absolute atomic E-state index is 0.314. The van der Waals surface area contributed by atoms with E-state index in [1.54, 1.807) is 13.4 Å². The monoisotopic (exact) mass is 223 g/mol. The second kappa shape index (κ2) is 4.10. The second-order valence-corrected chi connectivity index (χ2v) is 4.09. The Kier molecular flexibility index (Phi) is 2.18. The van der Waals surface area contributed by atoms with Gasteiger partial charge in [0, 0.05) is 6.94 Å². The van der Waals surface area contributed by atoms with Crippen molar-refractivity contribution in [2.45, 2.75) is 6.40 Å². The van der Waals surface area contributed by atoms with E-state index < -0.39 is 0 Å². The Morgan fingerprint density at radius 2 is 1.53 bits per heavy atom. The number of benzene rings is 2. The standard InChI is InChI=1S/C16H14O/c1-17-11-16-14-8-4-2-6-12(14)10-13-7-3-5-9-15(13)16/h2-9,11H,10H2,1H3/i10D. The summed E-state index contributed by atoms with van der Waals surface area (Å²) < 4.78 is 13.6. The summed E-state index contributed by atoms with van der Waals surface area (Å²) in [4.78, 5) is 0. The van der Waals surface area contributed by atoms with E-state index in [1.807, 2.05) is 36.4 Å². The lowest BCUT2D eigenvalue weighted by Crippen LogP contribution is -2.06. The highest BCUT2D eigenvalue weighted by atomic mass is 16.5. The molecular weight excluding hydrogens is 208 g/mol. The van der Waals surface area contributed by atoms with Crippen molar-refractivity contribution in [3.05, 3.63) is 77.0 Å². The molecule has 1 aliphatic rings. The van der Waals surface area contributed by atoms with E-state index in [0.29, 0.717) is 0 Å². The van der Waals surface area contributed by atoms with Crippen LogP contribution in [0.2, 0.25) is 0 Å². The van der Waals surface area contributed by atoms with Gasteiger partial charge in [-0.3, -0.25) is 0 Å². The Labute approximate surface area is 103 Å². The number of methoxy groups -OCH3 is 1. The lowest BCUT2D eigenvalue weighted by Gasteiger charge is -2.22. The highest BCUT2D eigenvalue weighted by Crippen LogP contribution is 2.35. The molecule has 0 amide bonds. The minimum Gasteiger partial charge on any atom is -0.504 e. The predicted molar refractivity (Wildman–Crippen MR) is 69.8 cm³/mol. The normalized spacial score (nSPS) is 17.8. The van der Waals surface area contributed by atoms with Crippen LogP contribution in [0.5, 0.6) is 0 Å². The van der Waals surface area contributed by atoms with Crippen LogP contribution >= 0.6 is 0 Å². The SMILES string of the molecule is [2H]C1c2ccccc2C(=COC)c2ccccc21. The molecule has 0 aromatic heterocycles. The first kappa shape index (κ1) is 9.06. The zero-order valence-corrected chi connectivity index (χ0v) is 9.68. The van der Waals surface area contributed by atoms with Crippen LogP contribution in [0.4, 0.5) is 0 Å². The number of ether oxygens (including phenoxy) is 1. The summed E-state index contributed by atoms with van der Waals surface area (Å²) in [6.07, 6.45) is 1.45. The van der Waals surface area contributed by atoms with Gasteiger partial charge in [0.05, 0.1) is 13.4 Å². The predicted octanol–water partition coefficient (Wildman–Crippen LogP) is 3.63. The fraction of sp³-hybridized carbons (Fsp3) is 0.125. The molecule has 0 fully saturated rings. The van der Waals surface area contributed by atoms with E-state index in [-0.39, 0.29) is 6.40 Å². The Balaban J connectivity index is 2.30. The average Bonchev–Trinajstić information content (AvgIpc) is 2.43. The molecule has 0 atom stereocenters. The van der Waals surface area contributed by atoms with Gasteiger partial charge in [0.1, 0.15) is 0 Å². The van der Waals surface area contributed by atoms with Crippen LogP contribution in [-0.4, -0.2) is 7.11 Å². The fourth-order valence-corrected chi connectivity index (χ4v) is 2.29. The molecule has 0 radical (unpaired) electrons. The van der Waals surface area contributed by atoms with Gasteiger partial charge in [-0.1, -0.05) is 48.5 Å². The van der Waals surface area contributed by atoms with Crippen LogP contribution in [0.15, 0.2) is 54.8 Å². The molecule has 0 N–H and O–H groups in total. The first-order valence-corrected chi connectivity index (χ1v) is 5.66. The van der Waals surface area contributed by atoms with Gasteiger partial charge in [0.25, 0.3) is 0 Å². The maximum Gasteiger partial charge on any atom is 0.0909 e. The minimum atomic E-state index is -0.314. The Bertz CT molecular complexity index is 566. The summed E-state index contributed by atoms with van der Waals surface area (Å²) in [5.74, 6) is 0. The van der Waals surface area contributed by atoms with E-state index in [2.05, 4.69) is 12.1 Å². The molecule has 0 bridgehead atoms. The molecule has 0 unspecified atom stereocenters. The van der Waals surface area contributed by atoms with Crippen LogP contribution in [0.25, 0.3) is 5.57 Å². The topological polar surface area (TPSA) is 9.23 Å². The van der Waals surface area contributed by atoms with Gasteiger partial charge in [0.2, 0.25) is 0 Å². The molecule has 3 rings (SSSR count). The van der Waals surface area contributed by atoms with Crippen LogP contribution in [0, 0.1) is 0 Å². The molecule has 0 saturated heterocycles. The van der Waals surface area contributed by atoms with Crippen molar-refractivity contribution < 1.29 is 6.11 Å². The molecule has 0 saturated carbocycles. The maximum atomic E-state index is 8.39. The van der Waals surface area contributed by atoms with Crippen molar-refractivity contribution in [1.29, 1.82) is 0 Å². The highest BCUT2D eigenvalue weighted by molar-refractivity contribution is 5.85. The number of fused-ring (bicyclic) bond motifs is 2. The van der Waals surface area contributed by atoms with Gasteiger partial charge in [-0.05, 0) is 28.7 Å². The molecule has 17 heavy (non-hydrogen) atoms. The number of hydrogen-bond acceptors (Lipinski definition) is 1. The van der Waals surface area contributed by atoms with E-state index in [4.69, 9.17) is 6.11 Å². The van der Waals surface area contributed by atoms with Crippen molar-refractivity contribution in [2.75, 3.05) is 7.11 Å². The summed E-state index contributed by atoms with van der Waals surface area (Å²) >= 11 is 0.